The zero-order valence-corrected chi connectivity index (χ0v) is 10.2. The topological polar surface area (TPSA) is 52.1 Å². The number of nitrogens with zero attached hydrogens (tertiary/aromatic N) is 2. The van der Waals surface area contributed by atoms with E-state index < -0.39 is 0 Å². The Morgan fingerprint density at radius 2 is 2.29 bits per heavy atom. The Bertz CT molecular complexity index is 496. The van der Waals surface area contributed by atoms with Crippen LogP contribution in [0.4, 0.5) is 0 Å². The molecule has 0 atom stereocenters. The van der Waals surface area contributed by atoms with Crippen LogP contribution in [0, 0.1) is 0 Å². The van der Waals surface area contributed by atoms with E-state index in [9.17, 15) is 4.79 Å². The molecular formula is C12H12N2O2S. The van der Waals surface area contributed by atoms with Gasteiger partial charge in [0, 0.05) is 18.0 Å². The Kier molecular flexibility index (Phi) is 3.82. The first kappa shape index (κ1) is 11.7. The quantitative estimate of drug-likeness (QED) is 0.779. The predicted molar refractivity (Wildman–Crippen MR) is 65.7 cm³/mol. The molecule has 5 heteroatoms. The second-order valence-electron chi connectivity index (χ2n) is 3.42. The minimum Gasteiger partial charge on any atom is -0.469 e. The van der Waals surface area contributed by atoms with Crippen LogP contribution in [0.25, 0.3) is 11.4 Å². The van der Waals surface area contributed by atoms with E-state index in [2.05, 4.69) is 14.7 Å². The average Bonchev–Trinajstić information content (AvgIpc) is 2.86. The summed E-state index contributed by atoms with van der Waals surface area (Å²) >= 11 is 1.54. The van der Waals surface area contributed by atoms with Gasteiger partial charge < -0.3 is 4.74 Å². The Morgan fingerprint density at radius 1 is 1.41 bits per heavy atom. The summed E-state index contributed by atoms with van der Waals surface area (Å²) in [5.74, 6) is -0.209. The van der Waals surface area contributed by atoms with Gasteiger partial charge in [0.25, 0.3) is 0 Å². The number of carbonyl (C=O) groups is 1. The highest BCUT2D eigenvalue weighted by atomic mass is 32.1. The number of ether oxygens (including phenoxy) is 1. The van der Waals surface area contributed by atoms with Crippen molar-refractivity contribution >= 4 is 17.3 Å². The van der Waals surface area contributed by atoms with Crippen LogP contribution in [0.5, 0.6) is 0 Å². The van der Waals surface area contributed by atoms with Gasteiger partial charge in [-0.25, -0.2) is 4.98 Å². The molecule has 0 aliphatic rings. The molecule has 0 aliphatic carbocycles. The van der Waals surface area contributed by atoms with Gasteiger partial charge >= 0.3 is 5.97 Å². The van der Waals surface area contributed by atoms with Gasteiger partial charge in [0.05, 0.1) is 29.9 Å². The molecule has 0 aromatic carbocycles. The van der Waals surface area contributed by atoms with E-state index >= 15 is 0 Å². The fraction of sp³-hybridized carbons (Fsp3) is 0.250. The number of rotatable bonds is 4. The van der Waals surface area contributed by atoms with Gasteiger partial charge in [-0.05, 0) is 12.1 Å². The maximum Gasteiger partial charge on any atom is 0.305 e. The molecule has 2 aromatic heterocycles. The third-order valence-corrected chi connectivity index (χ3v) is 3.16. The Hall–Kier alpha value is -1.75. The first-order valence-electron chi connectivity index (χ1n) is 5.22. The standard InChI is InChI=1S/C12H12N2O2S/c1-16-12(15)6-5-11-14-10(8-17-11)9-4-2-3-7-13-9/h2-4,7-8H,5-6H2,1H3. The van der Waals surface area contributed by atoms with Gasteiger partial charge in [-0.2, -0.15) is 0 Å². The van der Waals surface area contributed by atoms with Crippen molar-refractivity contribution in [3.05, 3.63) is 34.8 Å². The van der Waals surface area contributed by atoms with Crippen molar-refractivity contribution in [1.82, 2.24) is 9.97 Å². The number of aromatic nitrogens is 2. The van der Waals surface area contributed by atoms with E-state index in [0.29, 0.717) is 12.8 Å². The van der Waals surface area contributed by atoms with E-state index in [1.165, 1.54) is 18.4 Å². The third kappa shape index (κ3) is 3.10. The van der Waals surface area contributed by atoms with E-state index in [-0.39, 0.29) is 5.97 Å². The summed E-state index contributed by atoms with van der Waals surface area (Å²) in [5, 5.41) is 2.88. The lowest BCUT2D eigenvalue weighted by atomic mass is 10.3. The second kappa shape index (κ2) is 5.54. The van der Waals surface area contributed by atoms with E-state index in [0.717, 1.165) is 16.4 Å². The van der Waals surface area contributed by atoms with Crippen LogP contribution in [0.2, 0.25) is 0 Å². The van der Waals surface area contributed by atoms with Gasteiger partial charge in [-0.1, -0.05) is 6.07 Å². The monoisotopic (exact) mass is 248 g/mol. The number of methoxy groups -OCH3 is 1. The largest absolute Gasteiger partial charge is 0.469 e. The number of esters is 1. The molecule has 2 aromatic rings. The Balaban J connectivity index is 2.04. The molecule has 0 N–H and O–H groups in total. The molecule has 0 unspecified atom stereocenters. The summed E-state index contributed by atoms with van der Waals surface area (Å²) in [6.07, 6.45) is 2.72. The van der Waals surface area contributed by atoms with Gasteiger partial charge in [0.1, 0.15) is 0 Å². The van der Waals surface area contributed by atoms with Crippen molar-refractivity contribution in [2.24, 2.45) is 0 Å². The molecule has 0 saturated heterocycles. The molecule has 4 nitrogen and oxygen atoms in total. The summed E-state index contributed by atoms with van der Waals surface area (Å²) in [7, 11) is 1.39. The SMILES string of the molecule is COC(=O)CCc1nc(-c2ccccn2)cs1. The summed E-state index contributed by atoms with van der Waals surface area (Å²) in [6, 6.07) is 5.71. The molecule has 0 fully saturated rings. The van der Waals surface area contributed by atoms with Gasteiger partial charge in [0.2, 0.25) is 0 Å². The van der Waals surface area contributed by atoms with Gasteiger partial charge in [-0.3, -0.25) is 9.78 Å². The third-order valence-electron chi connectivity index (χ3n) is 2.25. The maximum atomic E-state index is 11.0. The fourth-order valence-electron chi connectivity index (χ4n) is 1.37. The van der Waals surface area contributed by atoms with Crippen LogP contribution >= 0.6 is 11.3 Å². The molecule has 2 heterocycles. The number of aryl methyl sites for hydroxylation is 1. The maximum absolute atomic E-state index is 11.0. The van der Waals surface area contributed by atoms with Crippen molar-refractivity contribution in [2.45, 2.75) is 12.8 Å². The smallest absolute Gasteiger partial charge is 0.305 e. The van der Waals surface area contributed by atoms with E-state index in [4.69, 9.17) is 0 Å². The Morgan fingerprint density at radius 3 is 3.00 bits per heavy atom. The van der Waals surface area contributed by atoms with Crippen molar-refractivity contribution in [3.63, 3.8) is 0 Å². The first-order valence-corrected chi connectivity index (χ1v) is 6.10. The average molecular weight is 248 g/mol. The molecule has 17 heavy (non-hydrogen) atoms. The van der Waals surface area contributed by atoms with E-state index in [1.807, 2.05) is 23.6 Å². The lowest BCUT2D eigenvalue weighted by Gasteiger charge is -1.96. The molecule has 0 aliphatic heterocycles. The highest BCUT2D eigenvalue weighted by Crippen LogP contribution is 2.20. The van der Waals surface area contributed by atoms with Crippen LogP contribution < -0.4 is 0 Å². The summed E-state index contributed by atoms with van der Waals surface area (Å²) in [4.78, 5) is 19.7. The van der Waals surface area contributed by atoms with E-state index in [1.54, 1.807) is 6.20 Å². The normalized spacial score (nSPS) is 10.2. The molecule has 2 rings (SSSR count). The number of pyridine rings is 1. The molecule has 88 valence electrons. The van der Waals surface area contributed by atoms with Crippen LogP contribution in [0.3, 0.4) is 0 Å². The van der Waals surface area contributed by atoms with Crippen molar-refractivity contribution < 1.29 is 9.53 Å². The molecule has 0 saturated carbocycles. The van der Waals surface area contributed by atoms with Crippen molar-refractivity contribution in [3.8, 4) is 11.4 Å². The fourth-order valence-corrected chi connectivity index (χ4v) is 2.16. The van der Waals surface area contributed by atoms with Crippen LogP contribution in [0.15, 0.2) is 29.8 Å². The zero-order chi connectivity index (χ0) is 12.1. The van der Waals surface area contributed by atoms with Crippen molar-refractivity contribution in [2.75, 3.05) is 7.11 Å². The van der Waals surface area contributed by atoms with Crippen LogP contribution in [-0.2, 0) is 16.0 Å². The highest BCUT2D eigenvalue weighted by Gasteiger charge is 2.07. The van der Waals surface area contributed by atoms with Crippen LogP contribution in [-0.4, -0.2) is 23.0 Å². The Labute approximate surface area is 103 Å². The molecular weight excluding hydrogens is 236 g/mol. The molecule has 0 spiro atoms. The molecule has 0 bridgehead atoms. The van der Waals surface area contributed by atoms with Crippen molar-refractivity contribution in [1.29, 1.82) is 0 Å². The number of thiazole rings is 1. The lowest BCUT2D eigenvalue weighted by molar-refractivity contribution is -0.140. The highest BCUT2D eigenvalue weighted by molar-refractivity contribution is 7.09. The molecule has 0 radical (unpaired) electrons. The van der Waals surface area contributed by atoms with Crippen LogP contribution in [0.1, 0.15) is 11.4 Å². The minimum absolute atomic E-state index is 0.209. The number of carbonyl (C=O) groups excluding carboxylic acids is 1. The summed E-state index contributed by atoms with van der Waals surface area (Å²) in [5.41, 5.74) is 1.71. The summed E-state index contributed by atoms with van der Waals surface area (Å²) < 4.78 is 4.59. The zero-order valence-electron chi connectivity index (χ0n) is 9.42. The number of hydrogen-bond acceptors (Lipinski definition) is 5. The first-order chi connectivity index (χ1) is 8.29. The predicted octanol–water partition coefficient (Wildman–Crippen LogP) is 2.31. The van der Waals surface area contributed by atoms with Gasteiger partial charge in [0.15, 0.2) is 0 Å². The van der Waals surface area contributed by atoms with Gasteiger partial charge in [-0.15, -0.1) is 11.3 Å². The number of hydrogen-bond donors (Lipinski definition) is 0. The second-order valence-corrected chi connectivity index (χ2v) is 4.36. The minimum atomic E-state index is -0.209. The lowest BCUT2D eigenvalue weighted by Crippen LogP contribution is -2.01. The summed E-state index contributed by atoms with van der Waals surface area (Å²) in [6.45, 7) is 0. The molecule has 0 amide bonds.